The summed E-state index contributed by atoms with van der Waals surface area (Å²) in [5.41, 5.74) is 6.92. The van der Waals surface area contributed by atoms with E-state index in [1.807, 2.05) is 0 Å². The predicted molar refractivity (Wildman–Crippen MR) is 145 cm³/mol. The fourth-order valence-corrected chi connectivity index (χ4v) is 6.39. The number of aromatic nitrogens is 1. The van der Waals surface area contributed by atoms with Crippen LogP contribution >= 0.6 is 0 Å². The second-order valence-electron chi connectivity index (χ2n) is 11.9. The van der Waals surface area contributed by atoms with Crippen LogP contribution in [-0.2, 0) is 11.2 Å². The van der Waals surface area contributed by atoms with Crippen molar-refractivity contribution in [1.82, 2.24) is 14.8 Å². The highest BCUT2D eigenvalue weighted by atomic mass is 16.2. The maximum Gasteiger partial charge on any atom is 0.223 e. The number of nitrogens with zero attached hydrogens (tertiary/aromatic N) is 2. The highest BCUT2D eigenvalue weighted by Crippen LogP contribution is 2.37. The molecule has 4 nitrogen and oxygen atoms in total. The van der Waals surface area contributed by atoms with Gasteiger partial charge in [0.05, 0.1) is 6.04 Å². The summed E-state index contributed by atoms with van der Waals surface area (Å²) in [6, 6.07) is 17.7. The lowest BCUT2D eigenvalue weighted by Gasteiger charge is -2.40. The molecule has 186 valence electrons. The third-order valence-corrected chi connectivity index (χ3v) is 8.07. The summed E-state index contributed by atoms with van der Waals surface area (Å²) in [5.74, 6) is 0.938. The van der Waals surface area contributed by atoms with E-state index in [0.29, 0.717) is 18.2 Å². The molecule has 3 aromatic rings. The molecule has 35 heavy (non-hydrogen) atoms. The zero-order valence-electron chi connectivity index (χ0n) is 21.9. The molecule has 4 heteroatoms. The van der Waals surface area contributed by atoms with Crippen molar-refractivity contribution in [2.24, 2.45) is 5.41 Å². The number of H-pyrrole nitrogens is 1. The molecule has 1 fully saturated rings. The molecule has 1 atom stereocenters. The number of likely N-dealkylation sites (tertiary alicyclic amines) is 1. The second kappa shape index (κ2) is 9.81. The average Bonchev–Trinajstić information content (AvgIpc) is 3.17. The molecular formula is C31H41N3O. The first kappa shape index (κ1) is 24.1. The summed E-state index contributed by atoms with van der Waals surface area (Å²) in [5, 5.41) is 1.40. The Balaban J connectivity index is 1.25. The number of aryl methyl sites for hydroxylation is 1. The molecule has 2 aliphatic heterocycles. The van der Waals surface area contributed by atoms with Gasteiger partial charge in [0.15, 0.2) is 0 Å². The monoisotopic (exact) mass is 471 g/mol. The Morgan fingerprint density at radius 2 is 1.71 bits per heavy atom. The largest absolute Gasteiger partial charge is 0.358 e. The first-order chi connectivity index (χ1) is 16.8. The Morgan fingerprint density at radius 1 is 1.00 bits per heavy atom. The standard InChI is InChI=1S/C31H41N3O/c1-22-30(26-11-7-8-12-27(26)32-22)24-13-17-33(18-14-24)19-16-28-25-10-6-5-9-23(25)15-20-34(28)29(35)21-31(2,3)4/h5-12,24,28,32H,13-21H2,1-4H3. The number of fused-ring (bicyclic) bond motifs is 2. The fourth-order valence-electron chi connectivity index (χ4n) is 6.39. The van der Waals surface area contributed by atoms with Crippen molar-refractivity contribution in [3.05, 3.63) is 70.9 Å². The predicted octanol–water partition coefficient (Wildman–Crippen LogP) is 6.61. The quantitative estimate of drug-likeness (QED) is 0.455. The van der Waals surface area contributed by atoms with E-state index in [1.54, 1.807) is 0 Å². The van der Waals surface area contributed by atoms with Crippen molar-refractivity contribution >= 4 is 16.8 Å². The Bertz CT molecular complexity index is 1180. The molecule has 1 N–H and O–H groups in total. The van der Waals surface area contributed by atoms with Crippen LogP contribution in [0.3, 0.4) is 0 Å². The van der Waals surface area contributed by atoms with E-state index in [1.165, 1.54) is 46.1 Å². The molecule has 3 heterocycles. The molecule has 2 aromatic carbocycles. The zero-order chi connectivity index (χ0) is 24.6. The van der Waals surface area contributed by atoms with Gasteiger partial charge in [-0.2, -0.15) is 0 Å². The Hall–Kier alpha value is -2.59. The zero-order valence-corrected chi connectivity index (χ0v) is 21.9. The van der Waals surface area contributed by atoms with Gasteiger partial charge >= 0.3 is 0 Å². The van der Waals surface area contributed by atoms with E-state index in [4.69, 9.17) is 0 Å². The number of hydrogen-bond acceptors (Lipinski definition) is 2. The molecule has 2 aliphatic rings. The molecule has 0 spiro atoms. The third-order valence-electron chi connectivity index (χ3n) is 8.07. The Morgan fingerprint density at radius 3 is 2.49 bits per heavy atom. The number of rotatable bonds is 5. The SMILES string of the molecule is Cc1[nH]c2ccccc2c1C1CCN(CCC2c3ccccc3CCN2C(=O)CC(C)(C)C)CC1. The lowest BCUT2D eigenvalue weighted by atomic mass is 9.86. The van der Waals surface area contributed by atoms with Crippen molar-refractivity contribution in [1.29, 1.82) is 0 Å². The summed E-state index contributed by atoms with van der Waals surface area (Å²) in [7, 11) is 0. The minimum absolute atomic E-state index is 0.0149. The van der Waals surface area contributed by atoms with Crippen LogP contribution in [0.2, 0.25) is 0 Å². The number of nitrogens with one attached hydrogen (secondary N) is 1. The van der Waals surface area contributed by atoms with Crippen LogP contribution in [0.15, 0.2) is 48.5 Å². The third kappa shape index (κ3) is 5.18. The van der Waals surface area contributed by atoms with E-state index in [-0.39, 0.29) is 11.5 Å². The van der Waals surface area contributed by atoms with Crippen LogP contribution < -0.4 is 0 Å². The fraction of sp³-hybridized carbons (Fsp3) is 0.516. The minimum atomic E-state index is 0.0149. The summed E-state index contributed by atoms with van der Waals surface area (Å²) in [6.07, 6.45) is 5.01. The van der Waals surface area contributed by atoms with Crippen LogP contribution in [0.4, 0.5) is 0 Å². The number of aromatic amines is 1. The highest BCUT2D eigenvalue weighted by Gasteiger charge is 2.33. The number of hydrogen-bond donors (Lipinski definition) is 1. The number of para-hydroxylation sites is 1. The van der Waals surface area contributed by atoms with Crippen molar-refractivity contribution in [3.63, 3.8) is 0 Å². The molecule has 1 unspecified atom stereocenters. The number of piperidine rings is 1. The maximum atomic E-state index is 13.3. The van der Waals surface area contributed by atoms with Crippen LogP contribution in [0.25, 0.3) is 10.9 Å². The van der Waals surface area contributed by atoms with Gasteiger partial charge in [0.2, 0.25) is 5.91 Å². The lowest BCUT2D eigenvalue weighted by Crippen LogP contribution is -2.43. The molecular weight excluding hydrogens is 430 g/mol. The van der Waals surface area contributed by atoms with E-state index in [2.05, 4.69) is 91.0 Å². The van der Waals surface area contributed by atoms with E-state index in [9.17, 15) is 4.79 Å². The van der Waals surface area contributed by atoms with E-state index >= 15 is 0 Å². The lowest BCUT2D eigenvalue weighted by molar-refractivity contribution is -0.136. The summed E-state index contributed by atoms with van der Waals surface area (Å²) in [6.45, 7) is 12.9. The number of amides is 1. The number of carbonyl (C=O) groups excluding carboxylic acids is 1. The molecule has 0 radical (unpaired) electrons. The first-order valence-electron chi connectivity index (χ1n) is 13.5. The van der Waals surface area contributed by atoms with Crippen molar-refractivity contribution in [2.75, 3.05) is 26.2 Å². The van der Waals surface area contributed by atoms with Crippen molar-refractivity contribution < 1.29 is 4.79 Å². The van der Waals surface area contributed by atoms with Crippen LogP contribution in [-0.4, -0.2) is 46.9 Å². The van der Waals surface area contributed by atoms with Crippen LogP contribution in [0.5, 0.6) is 0 Å². The van der Waals surface area contributed by atoms with Gasteiger partial charge in [0, 0.05) is 36.1 Å². The molecule has 1 aromatic heterocycles. The Kier molecular flexibility index (Phi) is 6.76. The Labute approximate surface area is 210 Å². The van der Waals surface area contributed by atoms with E-state index < -0.39 is 0 Å². The molecule has 1 saturated heterocycles. The van der Waals surface area contributed by atoms with Gasteiger partial charge in [-0.3, -0.25) is 4.79 Å². The minimum Gasteiger partial charge on any atom is -0.358 e. The maximum absolute atomic E-state index is 13.3. The topological polar surface area (TPSA) is 39.3 Å². The van der Waals surface area contributed by atoms with Gasteiger partial charge < -0.3 is 14.8 Å². The first-order valence-corrected chi connectivity index (χ1v) is 13.5. The second-order valence-corrected chi connectivity index (χ2v) is 11.9. The van der Waals surface area contributed by atoms with Gasteiger partial charge in [0.25, 0.3) is 0 Å². The smallest absolute Gasteiger partial charge is 0.223 e. The molecule has 0 bridgehead atoms. The van der Waals surface area contributed by atoms with E-state index in [0.717, 1.165) is 39.0 Å². The van der Waals surface area contributed by atoms with Gasteiger partial charge in [0.1, 0.15) is 0 Å². The molecule has 0 aliphatic carbocycles. The van der Waals surface area contributed by atoms with Gasteiger partial charge in [-0.15, -0.1) is 0 Å². The van der Waals surface area contributed by atoms with Crippen LogP contribution in [0, 0.1) is 12.3 Å². The van der Waals surface area contributed by atoms with Crippen molar-refractivity contribution in [3.8, 4) is 0 Å². The van der Waals surface area contributed by atoms with Crippen LogP contribution in [0.1, 0.15) is 80.8 Å². The highest BCUT2D eigenvalue weighted by molar-refractivity contribution is 5.85. The van der Waals surface area contributed by atoms with Gasteiger partial charge in [-0.25, -0.2) is 0 Å². The average molecular weight is 472 g/mol. The number of carbonyl (C=O) groups is 1. The summed E-state index contributed by atoms with van der Waals surface area (Å²) in [4.78, 5) is 21.7. The normalized spacial score (nSPS) is 19.8. The van der Waals surface area contributed by atoms with Gasteiger partial charge in [-0.1, -0.05) is 63.2 Å². The number of benzene rings is 2. The van der Waals surface area contributed by atoms with Crippen molar-refractivity contribution in [2.45, 2.75) is 71.8 Å². The molecule has 1 amide bonds. The summed E-state index contributed by atoms with van der Waals surface area (Å²) >= 11 is 0. The molecule has 0 saturated carbocycles. The summed E-state index contributed by atoms with van der Waals surface area (Å²) < 4.78 is 0. The molecule has 5 rings (SSSR count). The van der Waals surface area contributed by atoms with Gasteiger partial charge in [-0.05, 0) is 79.8 Å².